The Kier molecular flexibility index (Phi) is 6.11. The summed E-state index contributed by atoms with van der Waals surface area (Å²) in [7, 11) is 0. The average Bonchev–Trinajstić information content (AvgIpc) is 3.49. The number of nitrogens with zero attached hydrogens (tertiary/aromatic N) is 6. The molecule has 3 fully saturated rings. The second-order valence-corrected chi connectivity index (χ2v) is 11.0. The van der Waals surface area contributed by atoms with Gasteiger partial charge in [-0.2, -0.15) is 0 Å². The van der Waals surface area contributed by atoms with Crippen molar-refractivity contribution in [3.05, 3.63) is 41.0 Å². The molecule has 182 valence electrons. The minimum atomic E-state index is 0.356. The molecule has 35 heavy (non-hydrogen) atoms. The van der Waals surface area contributed by atoms with Gasteiger partial charge in [0, 0.05) is 49.7 Å². The fourth-order valence-electron chi connectivity index (χ4n) is 6.43. The van der Waals surface area contributed by atoms with Crippen molar-refractivity contribution in [1.82, 2.24) is 24.8 Å². The Morgan fingerprint density at radius 1 is 1.11 bits per heavy atom. The Labute approximate surface area is 211 Å². The lowest BCUT2D eigenvalue weighted by Crippen LogP contribution is -2.56. The van der Waals surface area contributed by atoms with Crippen molar-refractivity contribution >= 4 is 34.4 Å². The van der Waals surface area contributed by atoms with E-state index in [-0.39, 0.29) is 0 Å². The lowest BCUT2D eigenvalue weighted by molar-refractivity contribution is 0.266. The van der Waals surface area contributed by atoms with Crippen molar-refractivity contribution in [2.24, 2.45) is 11.8 Å². The summed E-state index contributed by atoms with van der Waals surface area (Å²) in [5.41, 5.74) is 3.43. The molecule has 1 N–H and O–H groups in total. The lowest BCUT2D eigenvalue weighted by Gasteiger charge is -2.39. The Hall–Kier alpha value is -2.69. The molecule has 3 aliphatic rings. The number of imidazole rings is 1. The van der Waals surface area contributed by atoms with Crippen LogP contribution >= 0.6 is 11.6 Å². The van der Waals surface area contributed by atoms with Gasteiger partial charge < -0.3 is 19.6 Å². The van der Waals surface area contributed by atoms with E-state index in [4.69, 9.17) is 28.1 Å². The van der Waals surface area contributed by atoms with Crippen LogP contribution in [0, 0.1) is 18.4 Å². The maximum atomic E-state index is 7.66. The van der Waals surface area contributed by atoms with E-state index in [9.17, 15) is 0 Å². The Morgan fingerprint density at radius 3 is 2.77 bits per heavy atom. The van der Waals surface area contributed by atoms with Crippen LogP contribution in [0.4, 0.5) is 11.8 Å². The smallest absolute Gasteiger partial charge is 0.272 e. The zero-order valence-corrected chi connectivity index (χ0v) is 21.0. The van der Waals surface area contributed by atoms with Gasteiger partial charge in [-0.15, -0.1) is 4.98 Å². The van der Waals surface area contributed by atoms with E-state index >= 15 is 0 Å². The topological polar surface area (TPSA) is 63.2 Å². The summed E-state index contributed by atoms with van der Waals surface area (Å²) < 4.78 is 2.42. The highest BCUT2D eigenvalue weighted by atomic mass is 35.5. The highest BCUT2D eigenvalue weighted by molar-refractivity contribution is 6.30. The number of hydrogen-bond acceptors (Lipinski definition) is 5. The van der Waals surface area contributed by atoms with E-state index in [0.29, 0.717) is 28.8 Å². The molecule has 0 amide bonds. The molecular weight excluding hydrogens is 458 g/mol. The number of aromatic nitrogens is 4. The van der Waals surface area contributed by atoms with Crippen LogP contribution in [0.3, 0.4) is 0 Å². The fraction of sp³-hybridized carbons (Fsp3) is 0.556. The second kappa shape index (κ2) is 9.40. The van der Waals surface area contributed by atoms with Crippen molar-refractivity contribution < 1.29 is 0 Å². The first kappa shape index (κ1) is 22.8. The van der Waals surface area contributed by atoms with E-state index in [1.54, 1.807) is 12.4 Å². The second-order valence-electron chi connectivity index (χ2n) is 10.6. The molecule has 4 heterocycles. The van der Waals surface area contributed by atoms with Crippen LogP contribution in [0.1, 0.15) is 51.9 Å². The van der Waals surface area contributed by atoms with Crippen molar-refractivity contribution in [2.75, 3.05) is 18.0 Å². The number of anilines is 1. The van der Waals surface area contributed by atoms with Crippen molar-refractivity contribution in [3.63, 3.8) is 0 Å². The van der Waals surface area contributed by atoms with Gasteiger partial charge in [0.1, 0.15) is 5.52 Å². The zero-order chi connectivity index (χ0) is 23.9. The van der Waals surface area contributed by atoms with Crippen LogP contribution < -0.4 is 10.2 Å². The first-order valence-corrected chi connectivity index (χ1v) is 13.4. The predicted molar refractivity (Wildman–Crippen MR) is 140 cm³/mol. The summed E-state index contributed by atoms with van der Waals surface area (Å²) in [6.07, 6.45) is 12.2. The Morgan fingerprint density at radius 2 is 1.97 bits per heavy atom. The molecule has 2 aliphatic carbocycles. The molecular formula is C27H32ClN7. The van der Waals surface area contributed by atoms with Gasteiger partial charge >= 0.3 is 0 Å². The maximum absolute atomic E-state index is 7.66. The molecule has 3 aromatic heterocycles. The molecule has 8 heteroatoms. The fourth-order valence-corrected chi connectivity index (χ4v) is 6.60. The number of pyridine rings is 2. The number of hydrogen-bond donors (Lipinski definition) is 1. The maximum Gasteiger partial charge on any atom is 0.272 e. The molecule has 7 nitrogen and oxygen atoms in total. The molecule has 2 saturated carbocycles. The van der Waals surface area contributed by atoms with Gasteiger partial charge in [0.05, 0.1) is 10.5 Å². The summed E-state index contributed by atoms with van der Waals surface area (Å²) in [5, 5.41) is 4.29. The van der Waals surface area contributed by atoms with E-state index in [2.05, 4.69) is 31.5 Å². The van der Waals surface area contributed by atoms with Crippen molar-refractivity contribution in [3.8, 4) is 11.3 Å². The minimum absolute atomic E-state index is 0.356. The lowest BCUT2D eigenvalue weighted by atomic mass is 9.83. The summed E-state index contributed by atoms with van der Waals surface area (Å²) in [6, 6.07) is 4.73. The first-order valence-electron chi connectivity index (χ1n) is 13.0. The third-order valence-electron chi connectivity index (χ3n) is 8.26. The monoisotopic (exact) mass is 489 g/mol. The van der Waals surface area contributed by atoms with Crippen LogP contribution in [-0.2, 0) is 6.54 Å². The third kappa shape index (κ3) is 4.28. The Bertz CT molecular complexity index is 1270. The first-order chi connectivity index (χ1) is 17.1. The highest BCUT2D eigenvalue weighted by Gasteiger charge is 2.38. The number of rotatable bonds is 4. The van der Waals surface area contributed by atoms with Gasteiger partial charge in [-0.3, -0.25) is 4.98 Å². The SMILES string of the molecule is [C-]#[N+]c1cc2nc(N3CCN[C@@H]4CCC[C@H]43)n(CC3CCC(C)CC3)c2c(-c2cncc(Cl)c2)n1. The molecule has 6 rings (SSSR count). The van der Waals surface area contributed by atoms with Crippen molar-refractivity contribution in [2.45, 2.75) is 70.5 Å². The van der Waals surface area contributed by atoms with Gasteiger partial charge in [-0.25, -0.2) is 4.98 Å². The van der Waals surface area contributed by atoms with Crippen LogP contribution in [0.5, 0.6) is 0 Å². The van der Waals surface area contributed by atoms with E-state index in [1.165, 1.54) is 44.9 Å². The average molecular weight is 490 g/mol. The molecule has 0 spiro atoms. The summed E-state index contributed by atoms with van der Waals surface area (Å²) in [4.78, 5) is 20.5. The quantitative estimate of drug-likeness (QED) is 0.465. The molecule has 1 aliphatic heterocycles. The zero-order valence-electron chi connectivity index (χ0n) is 20.3. The van der Waals surface area contributed by atoms with Crippen LogP contribution in [0.2, 0.25) is 5.02 Å². The predicted octanol–water partition coefficient (Wildman–Crippen LogP) is 5.85. The normalized spacial score (nSPS) is 26.6. The minimum Gasteiger partial charge on any atom is -0.361 e. The van der Waals surface area contributed by atoms with Gasteiger partial charge in [-0.1, -0.05) is 37.9 Å². The molecule has 0 unspecified atom stereocenters. The molecule has 3 aromatic rings. The summed E-state index contributed by atoms with van der Waals surface area (Å²) >= 11 is 6.33. The van der Waals surface area contributed by atoms with Gasteiger partial charge in [0.15, 0.2) is 5.69 Å². The number of piperazine rings is 1. The Balaban J connectivity index is 1.53. The van der Waals surface area contributed by atoms with Gasteiger partial charge in [0.2, 0.25) is 5.95 Å². The molecule has 0 bridgehead atoms. The molecule has 2 atom stereocenters. The molecule has 0 aromatic carbocycles. The summed E-state index contributed by atoms with van der Waals surface area (Å²) in [5.74, 6) is 2.83. The van der Waals surface area contributed by atoms with E-state index in [1.807, 2.05) is 12.1 Å². The standard InChI is InChI=1S/C27H32ClN7/c1-17-6-8-18(9-7-17)16-35-26-22(32-27(35)34-11-10-31-21-4-3-5-23(21)34)13-24(29-2)33-25(26)19-12-20(28)15-30-14-19/h12-15,17-18,21,23,31H,3-11,16H2,1H3/t17?,18?,21-,23-/m1/s1. The van der Waals surface area contributed by atoms with Gasteiger partial charge in [-0.05, 0) is 56.1 Å². The number of nitrogens with one attached hydrogen (secondary N) is 1. The highest BCUT2D eigenvalue weighted by Crippen LogP contribution is 2.39. The number of halogens is 1. The molecule has 0 radical (unpaired) electrons. The van der Waals surface area contributed by atoms with E-state index < -0.39 is 0 Å². The third-order valence-corrected chi connectivity index (χ3v) is 8.46. The van der Waals surface area contributed by atoms with Crippen LogP contribution in [0.15, 0.2) is 24.5 Å². The number of fused-ring (bicyclic) bond motifs is 2. The largest absolute Gasteiger partial charge is 0.361 e. The van der Waals surface area contributed by atoms with Crippen LogP contribution in [0.25, 0.3) is 27.1 Å². The van der Waals surface area contributed by atoms with Gasteiger partial charge in [0.25, 0.3) is 5.82 Å². The van der Waals surface area contributed by atoms with E-state index in [0.717, 1.165) is 53.8 Å². The van der Waals surface area contributed by atoms with Crippen LogP contribution in [-0.4, -0.2) is 44.7 Å². The van der Waals surface area contributed by atoms with Crippen molar-refractivity contribution in [1.29, 1.82) is 0 Å². The molecule has 1 saturated heterocycles. The summed E-state index contributed by atoms with van der Waals surface area (Å²) in [6.45, 7) is 12.9.